The smallest absolute Gasteiger partial charge is 0.311 e. The molecule has 2 rings (SSSR count). The maximum Gasteiger partial charge on any atom is 0.311 e. The van der Waals surface area contributed by atoms with Crippen molar-refractivity contribution in [1.29, 1.82) is 0 Å². The first-order valence-electron chi connectivity index (χ1n) is 5.55. The first kappa shape index (κ1) is 12.2. The van der Waals surface area contributed by atoms with E-state index < -0.39 is 17.7 Å². The molecule has 3 nitrogen and oxygen atoms in total. The number of carboxylic acids is 1. The van der Waals surface area contributed by atoms with Gasteiger partial charge in [-0.25, -0.2) is 4.39 Å². The Balaban J connectivity index is 2.30. The quantitative estimate of drug-likeness (QED) is 0.900. The molecule has 0 amide bonds. The molecule has 1 heterocycles. The fraction of sp³-hybridized carbons (Fsp3) is 0.143. The summed E-state index contributed by atoms with van der Waals surface area (Å²) in [6.45, 7) is 0. The van der Waals surface area contributed by atoms with Crippen molar-refractivity contribution in [3.63, 3.8) is 0 Å². The molecule has 0 aliphatic heterocycles. The Morgan fingerprint density at radius 1 is 1.22 bits per heavy atom. The van der Waals surface area contributed by atoms with Crippen molar-refractivity contribution in [1.82, 2.24) is 4.98 Å². The summed E-state index contributed by atoms with van der Waals surface area (Å²) in [6, 6.07) is 11.2. The lowest BCUT2D eigenvalue weighted by atomic mass is 9.93. The van der Waals surface area contributed by atoms with Crippen LogP contribution in [0.2, 0.25) is 0 Å². The molecule has 1 atom stereocenters. The van der Waals surface area contributed by atoms with Gasteiger partial charge in [0.05, 0.1) is 5.92 Å². The molecule has 1 unspecified atom stereocenters. The third-order valence-electron chi connectivity index (χ3n) is 2.72. The van der Waals surface area contributed by atoms with Crippen LogP contribution in [0.4, 0.5) is 4.39 Å². The van der Waals surface area contributed by atoms with E-state index in [0.29, 0.717) is 5.69 Å². The van der Waals surface area contributed by atoms with Gasteiger partial charge in [0.25, 0.3) is 0 Å². The molecule has 0 aliphatic carbocycles. The van der Waals surface area contributed by atoms with Gasteiger partial charge >= 0.3 is 5.97 Å². The summed E-state index contributed by atoms with van der Waals surface area (Å²) in [6.07, 6.45) is 1.77. The van der Waals surface area contributed by atoms with Gasteiger partial charge in [-0.05, 0) is 18.2 Å². The lowest BCUT2D eigenvalue weighted by Crippen LogP contribution is -2.16. The second-order valence-electron chi connectivity index (χ2n) is 3.94. The number of carbonyl (C=O) groups is 1. The van der Waals surface area contributed by atoms with E-state index in [1.807, 2.05) is 0 Å². The van der Waals surface area contributed by atoms with Crippen LogP contribution in [0, 0.1) is 5.82 Å². The number of rotatable bonds is 4. The van der Waals surface area contributed by atoms with Crippen molar-refractivity contribution in [2.24, 2.45) is 0 Å². The van der Waals surface area contributed by atoms with Gasteiger partial charge in [-0.3, -0.25) is 9.78 Å². The summed E-state index contributed by atoms with van der Waals surface area (Å²) in [4.78, 5) is 15.3. The molecular weight excluding hydrogens is 233 g/mol. The summed E-state index contributed by atoms with van der Waals surface area (Å²) >= 11 is 0. The molecule has 0 radical (unpaired) electrons. The number of carboxylic acid groups (broad SMARTS) is 1. The van der Waals surface area contributed by atoms with Crippen LogP contribution in [0.5, 0.6) is 0 Å². The Hall–Kier alpha value is -2.23. The number of halogens is 1. The monoisotopic (exact) mass is 245 g/mol. The van der Waals surface area contributed by atoms with Crippen LogP contribution >= 0.6 is 0 Å². The highest BCUT2D eigenvalue weighted by Gasteiger charge is 2.23. The number of aromatic nitrogens is 1. The van der Waals surface area contributed by atoms with Crippen molar-refractivity contribution in [3.8, 4) is 0 Å². The summed E-state index contributed by atoms with van der Waals surface area (Å²) < 4.78 is 13.6. The Morgan fingerprint density at radius 2 is 1.94 bits per heavy atom. The van der Waals surface area contributed by atoms with Crippen LogP contribution in [0.1, 0.15) is 17.2 Å². The third kappa shape index (κ3) is 2.71. The van der Waals surface area contributed by atoms with Gasteiger partial charge in [0, 0.05) is 23.9 Å². The minimum absolute atomic E-state index is 0.178. The van der Waals surface area contributed by atoms with Crippen LogP contribution in [-0.4, -0.2) is 16.1 Å². The molecule has 1 N–H and O–H groups in total. The molecule has 0 saturated carbocycles. The number of hydrogen-bond donors (Lipinski definition) is 1. The van der Waals surface area contributed by atoms with E-state index in [1.54, 1.807) is 36.5 Å². The van der Waals surface area contributed by atoms with E-state index in [2.05, 4.69) is 4.98 Å². The lowest BCUT2D eigenvalue weighted by Gasteiger charge is -2.13. The first-order chi connectivity index (χ1) is 8.68. The first-order valence-corrected chi connectivity index (χ1v) is 5.55. The predicted octanol–water partition coefficient (Wildman–Crippen LogP) is 2.63. The van der Waals surface area contributed by atoms with Crippen LogP contribution in [-0.2, 0) is 11.2 Å². The SMILES string of the molecule is O=C(O)C(Cc1ccccn1)c1ccccc1F. The molecule has 1 aromatic heterocycles. The maximum absolute atomic E-state index is 13.6. The molecular formula is C14H12FNO2. The van der Waals surface area contributed by atoms with Crippen LogP contribution in [0.15, 0.2) is 48.7 Å². The molecule has 1 aromatic carbocycles. The topological polar surface area (TPSA) is 50.2 Å². The summed E-state index contributed by atoms with van der Waals surface area (Å²) in [5.41, 5.74) is 0.823. The maximum atomic E-state index is 13.6. The average Bonchev–Trinajstić information content (AvgIpc) is 2.38. The van der Waals surface area contributed by atoms with Crippen LogP contribution in [0.3, 0.4) is 0 Å². The fourth-order valence-corrected chi connectivity index (χ4v) is 1.82. The van der Waals surface area contributed by atoms with E-state index in [0.717, 1.165) is 0 Å². The Morgan fingerprint density at radius 3 is 2.56 bits per heavy atom. The number of benzene rings is 1. The largest absolute Gasteiger partial charge is 0.481 e. The van der Waals surface area contributed by atoms with E-state index in [9.17, 15) is 14.3 Å². The van der Waals surface area contributed by atoms with Gasteiger partial charge in [-0.1, -0.05) is 24.3 Å². The standard InChI is InChI=1S/C14H12FNO2/c15-13-7-2-1-6-11(13)12(14(17)18)9-10-5-3-4-8-16-10/h1-8,12H,9H2,(H,17,18). The van der Waals surface area contributed by atoms with Gasteiger partial charge in [0.15, 0.2) is 0 Å². The zero-order chi connectivity index (χ0) is 13.0. The van der Waals surface area contributed by atoms with E-state index in [-0.39, 0.29) is 12.0 Å². The summed E-state index contributed by atoms with van der Waals surface area (Å²) in [5.74, 6) is -2.47. The lowest BCUT2D eigenvalue weighted by molar-refractivity contribution is -0.138. The second-order valence-corrected chi connectivity index (χ2v) is 3.94. The molecule has 4 heteroatoms. The third-order valence-corrected chi connectivity index (χ3v) is 2.72. The fourth-order valence-electron chi connectivity index (χ4n) is 1.82. The van der Waals surface area contributed by atoms with Gasteiger partial charge < -0.3 is 5.11 Å². The van der Waals surface area contributed by atoms with Crippen molar-refractivity contribution >= 4 is 5.97 Å². The Bertz CT molecular complexity index is 543. The van der Waals surface area contributed by atoms with E-state index in [4.69, 9.17) is 0 Å². The van der Waals surface area contributed by atoms with Crippen molar-refractivity contribution in [2.45, 2.75) is 12.3 Å². The zero-order valence-corrected chi connectivity index (χ0v) is 9.58. The highest BCUT2D eigenvalue weighted by Crippen LogP contribution is 2.23. The number of nitrogens with zero attached hydrogens (tertiary/aromatic N) is 1. The van der Waals surface area contributed by atoms with Gasteiger partial charge in [0.2, 0.25) is 0 Å². The minimum atomic E-state index is -1.05. The number of hydrogen-bond acceptors (Lipinski definition) is 2. The van der Waals surface area contributed by atoms with Crippen LogP contribution < -0.4 is 0 Å². The number of aliphatic carboxylic acids is 1. The molecule has 0 fully saturated rings. The normalized spacial score (nSPS) is 12.1. The predicted molar refractivity (Wildman–Crippen MR) is 64.7 cm³/mol. The second kappa shape index (κ2) is 5.40. The molecule has 0 aliphatic rings. The molecule has 18 heavy (non-hydrogen) atoms. The zero-order valence-electron chi connectivity index (χ0n) is 9.58. The summed E-state index contributed by atoms with van der Waals surface area (Å²) in [7, 11) is 0. The van der Waals surface area contributed by atoms with Crippen molar-refractivity contribution in [3.05, 3.63) is 65.7 Å². The minimum Gasteiger partial charge on any atom is -0.481 e. The number of pyridine rings is 1. The van der Waals surface area contributed by atoms with Crippen molar-refractivity contribution in [2.75, 3.05) is 0 Å². The van der Waals surface area contributed by atoms with Crippen LogP contribution in [0.25, 0.3) is 0 Å². The molecule has 0 spiro atoms. The average molecular weight is 245 g/mol. The van der Waals surface area contributed by atoms with Crippen molar-refractivity contribution < 1.29 is 14.3 Å². The van der Waals surface area contributed by atoms with Gasteiger partial charge in [-0.15, -0.1) is 0 Å². The highest BCUT2D eigenvalue weighted by molar-refractivity contribution is 5.76. The van der Waals surface area contributed by atoms with Gasteiger partial charge in [-0.2, -0.15) is 0 Å². The molecule has 0 bridgehead atoms. The molecule has 0 saturated heterocycles. The highest BCUT2D eigenvalue weighted by atomic mass is 19.1. The van der Waals surface area contributed by atoms with E-state index in [1.165, 1.54) is 12.1 Å². The molecule has 2 aromatic rings. The Labute approximate surface area is 104 Å². The Kier molecular flexibility index (Phi) is 3.67. The van der Waals surface area contributed by atoms with Gasteiger partial charge in [0.1, 0.15) is 5.82 Å². The summed E-state index contributed by atoms with van der Waals surface area (Å²) in [5, 5.41) is 9.22. The van der Waals surface area contributed by atoms with E-state index >= 15 is 0 Å². The molecule has 92 valence electrons.